The van der Waals surface area contributed by atoms with E-state index in [2.05, 4.69) is 20.4 Å². The molecular weight excluding hydrogens is 322 g/mol. The van der Waals surface area contributed by atoms with Crippen molar-refractivity contribution >= 4 is 28.6 Å². The lowest BCUT2D eigenvalue weighted by atomic mass is 10.2. The van der Waals surface area contributed by atoms with E-state index in [0.29, 0.717) is 12.4 Å². The number of imidazole rings is 1. The summed E-state index contributed by atoms with van der Waals surface area (Å²) in [6.45, 7) is 2.63. The zero-order valence-electron chi connectivity index (χ0n) is 13.4. The Bertz CT molecular complexity index is 868. The van der Waals surface area contributed by atoms with Gasteiger partial charge in [0.05, 0.1) is 11.9 Å². The molecule has 0 saturated carbocycles. The van der Waals surface area contributed by atoms with Crippen LogP contribution in [0, 0.1) is 0 Å². The Labute approximate surface area is 145 Å². The van der Waals surface area contributed by atoms with E-state index in [1.54, 1.807) is 6.20 Å². The Morgan fingerprint density at radius 3 is 2.96 bits per heavy atom. The maximum Gasteiger partial charge on any atom is 0.154 e. The van der Waals surface area contributed by atoms with Crippen LogP contribution in [0.15, 0.2) is 61.1 Å². The number of nitrogens with one attached hydrogen (secondary N) is 1. The van der Waals surface area contributed by atoms with Gasteiger partial charge in [0.2, 0.25) is 0 Å². The van der Waals surface area contributed by atoms with Gasteiger partial charge in [-0.05, 0) is 36.3 Å². The second-order valence-corrected chi connectivity index (χ2v) is 5.47. The number of hydrogen-bond acceptors (Lipinski definition) is 4. The van der Waals surface area contributed by atoms with E-state index >= 15 is 0 Å². The summed E-state index contributed by atoms with van der Waals surface area (Å²) in [6.07, 6.45) is 11.3. The maximum atomic E-state index is 5.87. The van der Waals surface area contributed by atoms with E-state index in [-0.39, 0.29) is 0 Å². The molecule has 5 nitrogen and oxygen atoms in total. The molecule has 3 aromatic heterocycles. The Morgan fingerprint density at radius 1 is 1.29 bits per heavy atom. The van der Waals surface area contributed by atoms with Crippen molar-refractivity contribution in [1.82, 2.24) is 19.6 Å². The van der Waals surface area contributed by atoms with Crippen molar-refractivity contribution in [2.75, 3.05) is 11.2 Å². The van der Waals surface area contributed by atoms with Gasteiger partial charge in [0, 0.05) is 24.8 Å². The van der Waals surface area contributed by atoms with Gasteiger partial charge < -0.3 is 5.32 Å². The summed E-state index contributed by atoms with van der Waals surface area (Å²) in [5.74, 6) is 1.21. The lowest BCUT2D eigenvalue weighted by Gasteiger charge is -2.07. The Morgan fingerprint density at radius 2 is 2.21 bits per heavy atom. The number of allylic oxidation sites excluding steroid dienone is 4. The smallest absolute Gasteiger partial charge is 0.154 e. The van der Waals surface area contributed by atoms with Gasteiger partial charge in [0.25, 0.3) is 0 Å². The molecule has 122 valence electrons. The van der Waals surface area contributed by atoms with E-state index in [9.17, 15) is 0 Å². The van der Waals surface area contributed by atoms with Crippen molar-refractivity contribution in [3.05, 3.63) is 72.3 Å². The molecule has 0 amide bonds. The van der Waals surface area contributed by atoms with Gasteiger partial charge >= 0.3 is 0 Å². The van der Waals surface area contributed by atoms with Gasteiger partial charge in [-0.2, -0.15) is 0 Å². The molecule has 0 aliphatic heterocycles. The minimum atomic E-state index is 0.436. The van der Waals surface area contributed by atoms with Crippen molar-refractivity contribution in [3.8, 4) is 0 Å². The van der Waals surface area contributed by atoms with Crippen molar-refractivity contribution in [1.29, 1.82) is 0 Å². The summed E-state index contributed by atoms with van der Waals surface area (Å²) in [7, 11) is 0. The highest BCUT2D eigenvalue weighted by Crippen LogP contribution is 2.18. The number of aromatic nitrogens is 4. The van der Waals surface area contributed by atoms with Gasteiger partial charge in [-0.3, -0.25) is 4.98 Å². The van der Waals surface area contributed by atoms with Crippen LogP contribution in [0.25, 0.3) is 11.2 Å². The Balaban J connectivity index is 1.89. The first-order valence-corrected chi connectivity index (χ1v) is 8.22. The topological polar surface area (TPSA) is 55.1 Å². The van der Waals surface area contributed by atoms with Gasteiger partial charge in [-0.15, -0.1) is 16.7 Å². The van der Waals surface area contributed by atoms with E-state index in [1.807, 2.05) is 66.3 Å². The number of fused-ring (bicyclic) bond motifs is 1. The van der Waals surface area contributed by atoms with Crippen molar-refractivity contribution in [2.45, 2.75) is 13.5 Å². The highest BCUT2D eigenvalue weighted by Gasteiger charge is 2.08. The molecule has 6 heteroatoms. The molecule has 0 bridgehead atoms. The van der Waals surface area contributed by atoms with E-state index < -0.39 is 0 Å². The van der Waals surface area contributed by atoms with Crippen LogP contribution in [0.2, 0.25) is 0 Å². The Hall–Kier alpha value is -2.66. The van der Waals surface area contributed by atoms with Crippen LogP contribution in [0.1, 0.15) is 18.2 Å². The van der Waals surface area contributed by atoms with Gasteiger partial charge in [-0.25, -0.2) is 9.50 Å². The fourth-order valence-electron chi connectivity index (χ4n) is 2.38. The number of hydrogen-bond donors (Lipinski definition) is 1. The van der Waals surface area contributed by atoms with Crippen LogP contribution < -0.4 is 5.32 Å². The van der Waals surface area contributed by atoms with Crippen molar-refractivity contribution < 1.29 is 0 Å². The van der Waals surface area contributed by atoms with Crippen LogP contribution in [0.5, 0.6) is 0 Å². The molecule has 0 atom stereocenters. The molecule has 0 aromatic carbocycles. The number of nitrogens with zero attached hydrogens (tertiary/aromatic N) is 4. The Kier molecular flexibility index (Phi) is 5.23. The quantitative estimate of drug-likeness (QED) is 0.546. The summed E-state index contributed by atoms with van der Waals surface area (Å²) >= 11 is 5.87. The number of anilines is 1. The average Bonchev–Trinajstić information content (AvgIpc) is 3.04. The summed E-state index contributed by atoms with van der Waals surface area (Å²) in [5, 5.41) is 7.95. The normalized spacial score (nSPS) is 12.2. The minimum Gasteiger partial charge on any atom is -0.364 e. The molecule has 0 spiro atoms. The van der Waals surface area contributed by atoms with Crippen LogP contribution in [0.4, 0.5) is 5.82 Å². The number of halogens is 1. The van der Waals surface area contributed by atoms with Crippen molar-refractivity contribution in [2.24, 2.45) is 0 Å². The molecule has 0 unspecified atom stereocenters. The molecule has 0 radical (unpaired) electrons. The van der Waals surface area contributed by atoms with Crippen molar-refractivity contribution in [3.63, 3.8) is 0 Å². The fraction of sp³-hybridized carbons (Fsp3) is 0.167. The first-order valence-electron chi connectivity index (χ1n) is 7.68. The summed E-state index contributed by atoms with van der Waals surface area (Å²) in [5.41, 5.74) is 3.80. The van der Waals surface area contributed by atoms with Crippen LogP contribution >= 0.6 is 11.6 Å². The van der Waals surface area contributed by atoms with Crippen LogP contribution in [0.3, 0.4) is 0 Å². The van der Waals surface area contributed by atoms with E-state index in [4.69, 9.17) is 11.6 Å². The summed E-state index contributed by atoms with van der Waals surface area (Å²) < 4.78 is 1.82. The largest absolute Gasteiger partial charge is 0.364 e. The number of alkyl halides is 1. The highest BCUT2D eigenvalue weighted by molar-refractivity contribution is 6.19. The summed E-state index contributed by atoms with van der Waals surface area (Å²) in [4.78, 5) is 8.52. The molecule has 0 aliphatic rings. The van der Waals surface area contributed by atoms with Gasteiger partial charge in [0.1, 0.15) is 5.82 Å². The monoisotopic (exact) mass is 339 g/mol. The van der Waals surface area contributed by atoms with E-state index in [1.165, 1.54) is 0 Å². The zero-order chi connectivity index (χ0) is 16.8. The van der Waals surface area contributed by atoms with E-state index in [0.717, 1.165) is 28.3 Å². The molecule has 3 aromatic rings. The second-order valence-electron chi connectivity index (χ2n) is 5.16. The summed E-state index contributed by atoms with van der Waals surface area (Å²) in [6, 6.07) is 7.80. The van der Waals surface area contributed by atoms with Crippen LogP contribution in [-0.2, 0) is 6.54 Å². The lowest BCUT2D eigenvalue weighted by Crippen LogP contribution is -2.05. The third-order valence-electron chi connectivity index (χ3n) is 3.50. The lowest BCUT2D eigenvalue weighted by molar-refractivity contribution is 0.912. The number of rotatable bonds is 6. The third-order valence-corrected chi connectivity index (χ3v) is 3.65. The first kappa shape index (κ1) is 16.2. The molecule has 0 fully saturated rings. The van der Waals surface area contributed by atoms with Gasteiger partial charge in [-0.1, -0.05) is 24.3 Å². The SMILES string of the molecule is C/C=C\C(=C/CCl)c1cnc2ccc(NCc3cccnc3)nn12. The second kappa shape index (κ2) is 7.75. The average molecular weight is 340 g/mol. The standard InChI is InChI=1S/C18H18ClN5/c1-2-4-15(8-9-19)16-13-22-18-7-6-17(23-24(16)18)21-12-14-5-3-10-20-11-14/h2-8,10-11,13H,9,12H2,1H3,(H,21,23)/b4-2-,15-8+. The minimum absolute atomic E-state index is 0.436. The van der Waals surface area contributed by atoms with Crippen LogP contribution in [-0.4, -0.2) is 25.5 Å². The highest BCUT2D eigenvalue weighted by atomic mass is 35.5. The molecule has 0 aliphatic carbocycles. The maximum absolute atomic E-state index is 5.87. The molecule has 3 rings (SSSR count). The zero-order valence-corrected chi connectivity index (χ0v) is 14.1. The first-order chi connectivity index (χ1) is 11.8. The number of pyridine rings is 1. The fourth-order valence-corrected chi connectivity index (χ4v) is 2.55. The molecule has 1 N–H and O–H groups in total. The molecular formula is C18H18ClN5. The predicted molar refractivity (Wildman–Crippen MR) is 98.1 cm³/mol. The van der Waals surface area contributed by atoms with Gasteiger partial charge in [0.15, 0.2) is 5.65 Å². The predicted octanol–water partition coefficient (Wildman–Crippen LogP) is 3.93. The molecule has 0 saturated heterocycles. The third kappa shape index (κ3) is 3.63. The molecule has 24 heavy (non-hydrogen) atoms. The molecule has 3 heterocycles.